The van der Waals surface area contributed by atoms with Crippen molar-refractivity contribution in [2.75, 3.05) is 25.1 Å². The summed E-state index contributed by atoms with van der Waals surface area (Å²) in [6.45, 7) is 13.7. The van der Waals surface area contributed by atoms with E-state index in [1.165, 1.54) is 15.8 Å². The molecule has 2 aromatic rings. The molecule has 0 unspecified atom stereocenters. The van der Waals surface area contributed by atoms with Crippen molar-refractivity contribution in [2.45, 2.75) is 70.1 Å². The lowest BCUT2D eigenvalue weighted by atomic mass is 9.94. The number of hydrogen-bond acceptors (Lipinski definition) is 7. The van der Waals surface area contributed by atoms with Gasteiger partial charge in [-0.1, -0.05) is 25.6 Å². The Morgan fingerprint density at radius 1 is 1.35 bits per heavy atom. The lowest BCUT2D eigenvalue weighted by molar-refractivity contribution is -0.0379. The predicted molar refractivity (Wildman–Crippen MR) is 111 cm³/mol. The number of thioether (sulfide) groups is 1. The van der Waals surface area contributed by atoms with Crippen molar-refractivity contribution < 1.29 is 9.47 Å². The van der Waals surface area contributed by atoms with Gasteiger partial charge in [0.1, 0.15) is 10.6 Å². The molecule has 2 aromatic heterocycles. The highest BCUT2D eigenvalue weighted by molar-refractivity contribution is 7.99. The van der Waals surface area contributed by atoms with Crippen molar-refractivity contribution in [3.63, 3.8) is 0 Å². The van der Waals surface area contributed by atoms with Gasteiger partial charge in [-0.25, -0.2) is 9.97 Å². The second-order valence-electron chi connectivity index (χ2n) is 7.41. The lowest BCUT2D eigenvalue weighted by Crippen LogP contribution is -2.31. The van der Waals surface area contributed by atoms with E-state index in [-0.39, 0.29) is 5.60 Å². The van der Waals surface area contributed by atoms with Gasteiger partial charge in [0.15, 0.2) is 5.16 Å². The van der Waals surface area contributed by atoms with Gasteiger partial charge in [0, 0.05) is 36.3 Å². The van der Waals surface area contributed by atoms with Crippen molar-refractivity contribution in [3.05, 3.63) is 10.4 Å². The number of ether oxygens (including phenoxy) is 2. The first-order valence-corrected chi connectivity index (χ1v) is 11.0. The van der Waals surface area contributed by atoms with Crippen molar-refractivity contribution in [1.82, 2.24) is 9.97 Å². The van der Waals surface area contributed by atoms with E-state index in [1.807, 2.05) is 6.92 Å². The second kappa shape index (κ2) is 8.42. The average Bonchev–Trinajstić information content (AvgIpc) is 2.90. The Labute approximate surface area is 164 Å². The zero-order valence-electron chi connectivity index (χ0n) is 16.3. The van der Waals surface area contributed by atoms with Crippen LogP contribution in [0.1, 0.15) is 51.5 Å². The molecule has 0 saturated carbocycles. The van der Waals surface area contributed by atoms with Crippen LogP contribution in [0.2, 0.25) is 0 Å². The van der Waals surface area contributed by atoms with Gasteiger partial charge in [-0.3, -0.25) is 0 Å². The topological polar surface area (TPSA) is 56.3 Å². The summed E-state index contributed by atoms with van der Waals surface area (Å²) in [6.07, 6.45) is 1.86. The standard InChI is InChI=1S/C19H29N3O2S2/c1-6-23-9-7-8-20-16-15-13-10-19(4,5)24-11-14(13)26-17(15)22-18(21-16)25-12(2)3/h12H,6-11H2,1-5H3,(H,20,21,22). The van der Waals surface area contributed by atoms with Gasteiger partial charge < -0.3 is 14.8 Å². The van der Waals surface area contributed by atoms with E-state index in [4.69, 9.17) is 19.4 Å². The lowest BCUT2D eigenvalue weighted by Gasteiger charge is -2.30. The van der Waals surface area contributed by atoms with Crippen LogP contribution in [0, 0.1) is 0 Å². The minimum atomic E-state index is -0.140. The van der Waals surface area contributed by atoms with E-state index in [2.05, 4.69) is 33.0 Å². The summed E-state index contributed by atoms with van der Waals surface area (Å²) in [7, 11) is 0. The fourth-order valence-corrected chi connectivity index (χ4v) is 4.91. The molecule has 0 saturated heterocycles. The molecule has 1 N–H and O–H groups in total. The van der Waals surface area contributed by atoms with E-state index in [0.29, 0.717) is 11.9 Å². The molecule has 0 radical (unpaired) electrons. The third kappa shape index (κ3) is 4.68. The van der Waals surface area contributed by atoms with Gasteiger partial charge in [-0.05, 0) is 32.8 Å². The molecular formula is C19H29N3O2S2. The third-order valence-electron chi connectivity index (χ3n) is 4.21. The maximum atomic E-state index is 6.00. The molecule has 1 aliphatic heterocycles. The summed E-state index contributed by atoms with van der Waals surface area (Å²) in [4.78, 5) is 12.0. The third-order valence-corrected chi connectivity index (χ3v) is 6.18. The molecule has 0 spiro atoms. The largest absolute Gasteiger partial charge is 0.382 e. The zero-order chi connectivity index (χ0) is 18.7. The molecule has 0 bridgehead atoms. The molecule has 26 heavy (non-hydrogen) atoms. The first-order valence-electron chi connectivity index (χ1n) is 9.34. The Kier molecular flexibility index (Phi) is 6.43. The van der Waals surface area contributed by atoms with Crippen LogP contribution in [-0.4, -0.2) is 40.6 Å². The highest BCUT2D eigenvalue weighted by Gasteiger charge is 2.31. The highest BCUT2D eigenvalue weighted by Crippen LogP contribution is 2.41. The molecule has 0 aromatic carbocycles. The van der Waals surface area contributed by atoms with Gasteiger partial charge in [-0.2, -0.15) is 0 Å². The number of nitrogens with one attached hydrogen (secondary N) is 1. The molecule has 3 rings (SSSR count). The van der Waals surface area contributed by atoms with Crippen LogP contribution >= 0.6 is 23.1 Å². The van der Waals surface area contributed by atoms with Crippen molar-refractivity contribution in [3.8, 4) is 0 Å². The molecule has 144 valence electrons. The number of hydrogen-bond donors (Lipinski definition) is 1. The van der Waals surface area contributed by atoms with Gasteiger partial charge in [-0.15, -0.1) is 11.3 Å². The van der Waals surface area contributed by atoms with Crippen LogP contribution in [0.3, 0.4) is 0 Å². The molecule has 5 nitrogen and oxygen atoms in total. The van der Waals surface area contributed by atoms with E-state index < -0.39 is 0 Å². The van der Waals surface area contributed by atoms with Crippen molar-refractivity contribution >= 4 is 39.1 Å². The number of nitrogens with zero attached hydrogens (tertiary/aromatic N) is 2. The Bertz CT molecular complexity index is 759. The summed E-state index contributed by atoms with van der Waals surface area (Å²) < 4.78 is 11.4. The van der Waals surface area contributed by atoms with Crippen molar-refractivity contribution in [2.24, 2.45) is 0 Å². The summed E-state index contributed by atoms with van der Waals surface area (Å²) >= 11 is 3.46. The Hall–Kier alpha value is -0.890. The van der Waals surface area contributed by atoms with Crippen LogP contribution in [0.25, 0.3) is 10.2 Å². The van der Waals surface area contributed by atoms with E-state index >= 15 is 0 Å². The fraction of sp³-hybridized carbons (Fsp3) is 0.684. The predicted octanol–water partition coefficient (Wildman–Crippen LogP) is 4.88. The smallest absolute Gasteiger partial charge is 0.191 e. The van der Waals surface area contributed by atoms with Crippen LogP contribution in [0.5, 0.6) is 0 Å². The van der Waals surface area contributed by atoms with Crippen LogP contribution in [0.4, 0.5) is 5.82 Å². The fourth-order valence-electron chi connectivity index (χ4n) is 3.04. The molecule has 3 heterocycles. The van der Waals surface area contributed by atoms with Crippen LogP contribution in [-0.2, 0) is 22.5 Å². The molecule has 1 aliphatic rings. The molecule has 0 atom stereocenters. The Balaban J connectivity index is 1.93. The molecule has 7 heteroatoms. The second-order valence-corrected chi connectivity index (χ2v) is 10.0. The minimum absolute atomic E-state index is 0.140. The summed E-state index contributed by atoms with van der Waals surface area (Å²) in [5, 5.41) is 6.03. The average molecular weight is 396 g/mol. The Morgan fingerprint density at radius 3 is 2.88 bits per heavy atom. The Morgan fingerprint density at radius 2 is 2.15 bits per heavy atom. The molecule has 0 fully saturated rings. The van der Waals surface area contributed by atoms with E-state index in [1.54, 1.807) is 23.1 Å². The van der Waals surface area contributed by atoms with Gasteiger partial charge >= 0.3 is 0 Å². The maximum absolute atomic E-state index is 6.00. The maximum Gasteiger partial charge on any atom is 0.191 e. The summed E-state index contributed by atoms with van der Waals surface area (Å²) in [5.41, 5.74) is 1.22. The highest BCUT2D eigenvalue weighted by atomic mass is 32.2. The number of anilines is 1. The quantitative estimate of drug-likeness (QED) is 0.390. The van der Waals surface area contributed by atoms with Gasteiger partial charge in [0.25, 0.3) is 0 Å². The van der Waals surface area contributed by atoms with Crippen LogP contribution < -0.4 is 5.32 Å². The number of thiophene rings is 1. The molecule has 0 aliphatic carbocycles. The summed E-state index contributed by atoms with van der Waals surface area (Å²) in [6, 6.07) is 0. The molecule has 0 amide bonds. The van der Waals surface area contributed by atoms with Crippen LogP contribution in [0.15, 0.2) is 5.16 Å². The van der Waals surface area contributed by atoms with Gasteiger partial charge in [0.05, 0.1) is 17.6 Å². The normalized spacial score (nSPS) is 16.2. The summed E-state index contributed by atoms with van der Waals surface area (Å²) in [5.74, 6) is 0.963. The first kappa shape index (κ1) is 19.9. The van der Waals surface area contributed by atoms with Gasteiger partial charge in [0.2, 0.25) is 0 Å². The van der Waals surface area contributed by atoms with Crippen molar-refractivity contribution in [1.29, 1.82) is 0 Å². The zero-order valence-corrected chi connectivity index (χ0v) is 18.0. The monoisotopic (exact) mass is 395 g/mol. The molecular weight excluding hydrogens is 366 g/mol. The first-order chi connectivity index (χ1) is 12.4. The SMILES string of the molecule is CCOCCCNc1nc(SC(C)C)nc2sc3c(c12)CC(C)(C)OC3. The van der Waals surface area contributed by atoms with E-state index in [9.17, 15) is 0 Å². The van der Waals surface area contributed by atoms with E-state index in [0.717, 1.165) is 48.4 Å². The number of rotatable bonds is 8. The number of fused-ring (bicyclic) bond motifs is 3. The minimum Gasteiger partial charge on any atom is -0.382 e. The number of aromatic nitrogens is 2.